The van der Waals surface area contributed by atoms with Crippen molar-refractivity contribution in [3.63, 3.8) is 0 Å². The van der Waals surface area contributed by atoms with Crippen molar-refractivity contribution in [3.05, 3.63) is 106 Å². The molecule has 3 aromatic carbocycles. The average molecular weight is 625 g/mol. The first kappa shape index (κ1) is 31.7. The number of methoxy groups -OCH3 is 2. The Morgan fingerprint density at radius 1 is 1.04 bits per heavy atom. The van der Waals surface area contributed by atoms with Crippen molar-refractivity contribution >= 4 is 29.8 Å². The number of ether oxygens (including phenoxy) is 3. The molecule has 0 saturated heterocycles. The molecule has 0 radical (unpaired) electrons. The molecule has 1 aliphatic rings. The Morgan fingerprint density at radius 3 is 2.30 bits per heavy atom. The van der Waals surface area contributed by atoms with Gasteiger partial charge in [-0.3, -0.25) is 14.6 Å². The molecule has 0 atom stereocenters. The highest BCUT2D eigenvalue weighted by atomic mass is 19.1. The second-order valence-corrected chi connectivity index (χ2v) is 10.4. The summed E-state index contributed by atoms with van der Waals surface area (Å²) in [6.07, 6.45) is 5.48. The number of anilines is 1. The van der Waals surface area contributed by atoms with Gasteiger partial charge in [-0.05, 0) is 74.9 Å². The minimum atomic E-state index is -0.792. The lowest BCUT2D eigenvalue weighted by atomic mass is 9.91. The van der Waals surface area contributed by atoms with E-state index in [1.165, 1.54) is 56.8 Å². The van der Waals surface area contributed by atoms with Crippen LogP contribution in [-0.4, -0.2) is 31.4 Å². The molecule has 11 heteroatoms. The number of nitrogens with zero attached hydrogens (tertiary/aromatic N) is 3. The first-order valence-electron chi connectivity index (χ1n) is 14.4. The molecule has 0 aliphatic heterocycles. The maximum absolute atomic E-state index is 15.4. The Labute approximate surface area is 264 Å². The van der Waals surface area contributed by atoms with Crippen molar-refractivity contribution in [2.24, 2.45) is 4.99 Å². The number of amides is 1. The minimum absolute atomic E-state index is 0.000550. The summed E-state index contributed by atoms with van der Waals surface area (Å²) >= 11 is 0. The molecule has 234 valence electrons. The summed E-state index contributed by atoms with van der Waals surface area (Å²) in [6.45, 7) is 5.30. The molecular weight excluding hydrogens is 594 g/mol. The molecule has 0 bridgehead atoms. The van der Waals surface area contributed by atoms with Crippen molar-refractivity contribution in [2.45, 2.75) is 32.2 Å². The van der Waals surface area contributed by atoms with E-state index >= 15 is 4.39 Å². The van der Waals surface area contributed by atoms with E-state index in [0.717, 1.165) is 25.3 Å². The monoisotopic (exact) mass is 624 g/mol. The van der Waals surface area contributed by atoms with Crippen LogP contribution in [0.5, 0.6) is 17.2 Å². The molecule has 1 heterocycles. The van der Waals surface area contributed by atoms with Crippen molar-refractivity contribution in [1.29, 1.82) is 5.26 Å². The van der Waals surface area contributed by atoms with Crippen molar-refractivity contribution in [2.75, 3.05) is 19.5 Å². The molecule has 1 N–H and O–H groups in total. The number of pyridine rings is 1. The number of aliphatic imine (C=N–C) groups is 1. The summed E-state index contributed by atoms with van der Waals surface area (Å²) in [5, 5.41) is 12.6. The Balaban J connectivity index is 1.45. The minimum Gasteiger partial charge on any atom is -0.493 e. The maximum Gasteiger partial charge on any atom is 0.261 e. The van der Waals surface area contributed by atoms with Gasteiger partial charge in [0.2, 0.25) is 5.43 Å². The molecule has 4 aromatic rings. The molecule has 0 spiro atoms. The molecule has 1 amide bonds. The van der Waals surface area contributed by atoms with Crippen LogP contribution >= 0.6 is 0 Å². The van der Waals surface area contributed by atoms with Crippen LogP contribution in [0, 0.1) is 23.0 Å². The van der Waals surface area contributed by atoms with Gasteiger partial charge in [-0.2, -0.15) is 5.26 Å². The summed E-state index contributed by atoms with van der Waals surface area (Å²) in [7, 11) is 2.97. The second-order valence-electron chi connectivity index (χ2n) is 10.4. The van der Waals surface area contributed by atoms with Crippen LogP contribution in [0.2, 0.25) is 0 Å². The van der Waals surface area contributed by atoms with Crippen molar-refractivity contribution < 1.29 is 27.8 Å². The number of carbonyl (C=O) groups is 1. The highest BCUT2D eigenvalue weighted by Crippen LogP contribution is 2.39. The Kier molecular flexibility index (Phi) is 9.28. The van der Waals surface area contributed by atoms with Gasteiger partial charge in [-0.25, -0.2) is 8.78 Å². The van der Waals surface area contributed by atoms with E-state index in [1.54, 1.807) is 29.7 Å². The predicted octanol–water partition coefficient (Wildman–Crippen LogP) is 7.43. The number of aromatic nitrogens is 1. The molecule has 1 aliphatic carbocycles. The van der Waals surface area contributed by atoms with E-state index in [1.807, 2.05) is 0 Å². The van der Waals surface area contributed by atoms with Crippen LogP contribution in [-0.2, 0) is 0 Å². The Bertz CT molecular complexity index is 1960. The largest absolute Gasteiger partial charge is 0.493 e. The number of benzene rings is 3. The first-order valence-corrected chi connectivity index (χ1v) is 14.4. The zero-order valence-corrected chi connectivity index (χ0v) is 25.4. The third-order valence-electron chi connectivity index (χ3n) is 7.80. The van der Waals surface area contributed by atoms with Crippen LogP contribution in [0.3, 0.4) is 0 Å². The second kappa shape index (κ2) is 13.5. The topological polar surface area (TPSA) is 115 Å². The van der Waals surface area contributed by atoms with E-state index < -0.39 is 23.0 Å². The van der Waals surface area contributed by atoms with Gasteiger partial charge >= 0.3 is 0 Å². The van der Waals surface area contributed by atoms with Gasteiger partial charge in [-0.1, -0.05) is 12.1 Å². The summed E-state index contributed by atoms with van der Waals surface area (Å²) in [5.74, 6) is -1.12. The van der Waals surface area contributed by atoms with Crippen LogP contribution < -0.4 is 25.0 Å². The lowest BCUT2D eigenvalue weighted by molar-refractivity contribution is 0.102. The summed E-state index contributed by atoms with van der Waals surface area (Å²) < 4.78 is 47.3. The number of nitriles is 1. The summed E-state index contributed by atoms with van der Waals surface area (Å²) in [4.78, 5) is 31.1. The zero-order valence-electron chi connectivity index (χ0n) is 25.4. The number of nitrogens with one attached hydrogen (secondary N) is 1. The van der Waals surface area contributed by atoms with Gasteiger partial charge in [0.25, 0.3) is 5.91 Å². The van der Waals surface area contributed by atoms with Crippen LogP contribution in [0.25, 0.3) is 16.9 Å². The number of hydrogen-bond donors (Lipinski definition) is 1. The van der Waals surface area contributed by atoms with Gasteiger partial charge in [0, 0.05) is 35.6 Å². The van der Waals surface area contributed by atoms with E-state index in [2.05, 4.69) is 23.1 Å². The molecule has 0 unspecified atom stereocenters. The molecule has 5 rings (SSSR count). The van der Waals surface area contributed by atoms with Gasteiger partial charge in [0.15, 0.2) is 23.1 Å². The van der Waals surface area contributed by atoms with E-state index in [0.29, 0.717) is 28.3 Å². The SMILES string of the molecule is C=Nc1cc(OC)c(OC)cc1/C(=C\C)Oc1ccc(NC(=O)c2cn(C3CCC3)c(C#N)c(-c3ccc(F)cc3)c2=O)cc1F. The molecule has 9 nitrogen and oxygen atoms in total. The molecule has 1 saturated carbocycles. The lowest BCUT2D eigenvalue weighted by Crippen LogP contribution is -2.29. The van der Waals surface area contributed by atoms with Crippen LogP contribution in [0.4, 0.5) is 20.2 Å². The fourth-order valence-electron chi connectivity index (χ4n) is 5.19. The molecule has 46 heavy (non-hydrogen) atoms. The van der Waals surface area contributed by atoms with E-state index in [-0.39, 0.29) is 40.1 Å². The van der Waals surface area contributed by atoms with Crippen molar-refractivity contribution in [3.8, 4) is 34.4 Å². The highest BCUT2D eigenvalue weighted by Gasteiger charge is 2.28. The van der Waals surface area contributed by atoms with Crippen LogP contribution in [0.1, 0.15) is 53.8 Å². The fraction of sp³-hybridized carbons (Fsp3) is 0.200. The highest BCUT2D eigenvalue weighted by molar-refractivity contribution is 6.05. The first-order chi connectivity index (χ1) is 22.2. The van der Waals surface area contributed by atoms with E-state index in [9.17, 15) is 19.2 Å². The third kappa shape index (κ3) is 6.10. The zero-order chi connectivity index (χ0) is 33.0. The third-order valence-corrected chi connectivity index (χ3v) is 7.80. The molecular formula is C35H30F2N4O5. The number of rotatable bonds is 10. The van der Waals surface area contributed by atoms with Gasteiger partial charge in [-0.15, -0.1) is 0 Å². The average Bonchev–Trinajstić information content (AvgIpc) is 3.03. The normalized spacial score (nSPS) is 12.9. The van der Waals surface area contributed by atoms with Gasteiger partial charge in [0.05, 0.1) is 25.5 Å². The number of allylic oxidation sites excluding steroid dienone is 1. The predicted molar refractivity (Wildman–Crippen MR) is 171 cm³/mol. The maximum atomic E-state index is 15.4. The number of halogens is 2. The summed E-state index contributed by atoms with van der Waals surface area (Å²) in [6, 6.07) is 14.3. The quantitative estimate of drug-likeness (QED) is 0.145. The molecule has 1 fully saturated rings. The Hall–Kier alpha value is -5.76. The smallest absolute Gasteiger partial charge is 0.261 e. The standard InChI is InChI=1S/C35H30F2N4O5/c1-5-29(24-16-31(44-3)32(45-4)17-27(24)39-2)46-30-14-13-22(15-26(30)37)40-35(43)25-19-41(23-7-6-8-23)28(18-38)33(34(25)42)20-9-11-21(36)12-10-20/h5,9-17,19,23H,2,6-8H2,1,3-4H3,(H,40,43)/b29-5+. The Morgan fingerprint density at radius 2 is 1.74 bits per heavy atom. The van der Waals surface area contributed by atoms with Gasteiger partial charge < -0.3 is 24.1 Å². The summed E-state index contributed by atoms with van der Waals surface area (Å²) in [5.41, 5.74) is 0.434. The lowest BCUT2D eigenvalue weighted by Gasteiger charge is -2.30. The van der Waals surface area contributed by atoms with Gasteiger partial charge in [0.1, 0.15) is 28.9 Å². The number of hydrogen-bond acceptors (Lipinski definition) is 7. The van der Waals surface area contributed by atoms with Crippen LogP contribution in [0.15, 0.2) is 76.7 Å². The fourth-order valence-corrected chi connectivity index (χ4v) is 5.19. The molecule has 1 aromatic heterocycles. The van der Waals surface area contributed by atoms with Crippen molar-refractivity contribution in [1.82, 2.24) is 4.57 Å². The number of carbonyl (C=O) groups excluding carboxylic acids is 1. The van der Waals surface area contributed by atoms with E-state index in [4.69, 9.17) is 14.2 Å².